The standard InChI is InChI=1S/C21H19ClF2N2O3/c1-13(14-5-4-6-15(11-14)28-21(23)24)26-19(27)9-10-20-25-12-18(29-20)16-7-2-3-8-17(16)22/h2-8,11-13,21H,9-10H2,1H3,(H,26,27). The fourth-order valence-corrected chi connectivity index (χ4v) is 3.02. The zero-order valence-electron chi connectivity index (χ0n) is 15.6. The molecular weight excluding hydrogens is 402 g/mol. The van der Waals surface area contributed by atoms with Crippen LogP contribution < -0.4 is 10.1 Å². The van der Waals surface area contributed by atoms with Crippen LogP contribution in [0.1, 0.15) is 30.8 Å². The fourth-order valence-electron chi connectivity index (χ4n) is 2.79. The number of aromatic nitrogens is 1. The summed E-state index contributed by atoms with van der Waals surface area (Å²) in [6.07, 6.45) is 2.06. The first kappa shape index (κ1) is 20.8. The van der Waals surface area contributed by atoms with Crippen molar-refractivity contribution in [2.75, 3.05) is 0 Å². The molecule has 2 aromatic carbocycles. The molecule has 1 unspecified atom stereocenters. The van der Waals surface area contributed by atoms with E-state index in [1.807, 2.05) is 18.2 Å². The van der Waals surface area contributed by atoms with E-state index in [0.29, 0.717) is 28.7 Å². The number of alkyl halides is 2. The summed E-state index contributed by atoms with van der Waals surface area (Å²) >= 11 is 6.15. The number of amides is 1. The number of hydrogen-bond acceptors (Lipinski definition) is 4. The van der Waals surface area contributed by atoms with Crippen molar-refractivity contribution in [3.63, 3.8) is 0 Å². The van der Waals surface area contributed by atoms with E-state index in [1.54, 1.807) is 31.3 Å². The third-order valence-corrected chi connectivity index (χ3v) is 4.55. The van der Waals surface area contributed by atoms with Gasteiger partial charge in [0.1, 0.15) is 5.75 Å². The largest absolute Gasteiger partial charge is 0.441 e. The molecule has 1 heterocycles. The summed E-state index contributed by atoms with van der Waals surface area (Å²) in [5, 5.41) is 3.38. The Bertz CT molecular complexity index is 978. The summed E-state index contributed by atoms with van der Waals surface area (Å²) in [6.45, 7) is -1.13. The Hall–Kier alpha value is -2.93. The van der Waals surface area contributed by atoms with Crippen molar-refractivity contribution in [3.8, 4) is 17.1 Å². The number of carbonyl (C=O) groups is 1. The lowest BCUT2D eigenvalue weighted by Gasteiger charge is -2.15. The van der Waals surface area contributed by atoms with Gasteiger partial charge in [-0.25, -0.2) is 4.98 Å². The van der Waals surface area contributed by atoms with Gasteiger partial charge in [0.05, 0.1) is 17.3 Å². The van der Waals surface area contributed by atoms with E-state index < -0.39 is 6.61 Å². The van der Waals surface area contributed by atoms with Crippen LogP contribution in [0.2, 0.25) is 5.02 Å². The lowest BCUT2D eigenvalue weighted by atomic mass is 10.1. The molecule has 0 aliphatic carbocycles. The maximum absolute atomic E-state index is 12.3. The van der Waals surface area contributed by atoms with Gasteiger partial charge in [-0.05, 0) is 36.8 Å². The summed E-state index contributed by atoms with van der Waals surface area (Å²) in [5.74, 6) is 0.797. The number of rotatable bonds is 8. The van der Waals surface area contributed by atoms with Crippen LogP contribution in [0.5, 0.6) is 5.75 Å². The summed E-state index contributed by atoms with van der Waals surface area (Å²) < 4.78 is 34.8. The topological polar surface area (TPSA) is 64.4 Å². The van der Waals surface area contributed by atoms with E-state index in [4.69, 9.17) is 16.0 Å². The average Bonchev–Trinajstić information content (AvgIpc) is 3.15. The maximum atomic E-state index is 12.3. The highest BCUT2D eigenvalue weighted by Gasteiger charge is 2.14. The van der Waals surface area contributed by atoms with Crippen molar-refractivity contribution >= 4 is 17.5 Å². The normalized spacial score (nSPS) is 12.0. The van der Waals surface area contributed by atoms with Gasteiger partial charge in [-0.15, -0.1) is 0 Å². The monoisotopic (exact) mass is 420 g/mol. The third-order valence-electron chi connectivity index (χ3n) is 4.22. The molecule has 1 amide bonds. The van der Waals surface area contributed by atoms with Gasteiger partial charge in [0.2, 0.25) is 5.91 Å². The summed E-state index contributed by atoms with van der Waals surface area (Å²) in [4.78, 5) is 16.4. The number of halogens is 3. The van der Waals surface area contributed by atoms with E-state index in [9.17, 15) is 13.6 Å². The summed E-state index contributed by atoms with van der Waals surface area (Å²) in [5.41, 5.74) is 1.39. The molecule has 0 aliphatic heterocycles. The SMILES string of the molecule is CC(NC(=O)CCc1ncc(-c2ccccc2Cl)o1)c1cccc(OC(F)F)c1. The van der Waals surface area contributed by atoms with Gasteiger partial charge in [-0.2, -0.15) is 8.78 Å². The number of carbonyl (C=O) groups excluding carboxylic acids is 1. The molecule has 152 valence electrons. The maximum Gasteiger partial charge on any atom is 0.387 e. The first-order chi connectivity index (χ1) is 13.9. The minimum absolute atomic E-state index is 0.0467. The third kappa shape index (κ3) is 5.77. The summed E-state index contributed by atoms with van der Waals surface area (Å²) in [7, 11) is 0. The van der Waals surface area contributed by atoms with Crippen LogP contribution in [0.4, 0.5) is 8.78 Å². The quantitative estimate of drug-likeness (QED) is 0.529. The minimum atomic E-state index is -2.90. The Morgan fingerprint density at radius 2 is 2.03 bits per heavy atom. The molecule has 0 fully saturated rings. The number of oxazole rings is 1. The molecule has 0 saturated heterocycles. The number of aryl methyl sites for hydroxylation is 1. The van der Waals surface area contributed by atoms with Crippen LogP contribution in [0, 0.1) is 0 Å². The molecule has 1 N–H and O–H groups in total. The van der Waals surface area contributed by atoms with Crippen molar-refractivity contribution in [1.82, 2.24) is 10.3 Å². The van der Waals surface area contributed by atoms with Crippen molar-refractivity contribution in [3.05, 3.63) is 71.2 Å². The van der Waals surface area contributed by atoms with E-state index in [2.05, 4.69) is 15.0 Å². The number of hydrogen-bond donors (Lipinski definition) is 1. The molecular formula is C21H19ClF2N2O3. The van der Waals surface area contributed by atoms with Gasteiger partial charge >= 0.3 is 6.61 Å². The Morgan fingerprint density at radius 3 is 2.79 bits per heavy atom. The molecule has 0 saturated carbocycles. The van der Waals surface area contributed by atoms with Gasteiger partial charge in [0, 0.05) is 18.4 Å². The van der Waals surface area contributed by atoms with E-state index >= 15 is 0 Å². The van der Waals surface area contributed by atoms with E-state index in [-0.39, 0.29) is 24.1 Å². The van der Waals surface area contributed by atoms with Crippen LogP contribution in [-0.4, -0.2) is 17.5 Å². The molecule has 1 aromatic heterocycles. The molecule has 0 radical (unpaired) electrons. The van der Waals surface area contributed by atoms with Crippen LogP contribution in [-0.2, 0) is 11.2 Å². The zero-order chi connectivity index (χ0) is 20.8. The number of nitrogens with one attached hydrogen (secondary N) is 1. The molecule has 5 nitrogen and oxygen atoms in total. The fraction of sp³-hybridized carbons (Fsp3) is 0.238. The molecule has 3 rings (SSSR count). The number of benzene rings is 2. The van der Waals surface area contributed by atoms with Gasteiger partial charge in [-0.3, -0.25) is 4.79 Å². The molecule has 3 aromatic rings. The lowest BCUT2D eigenvalue weighted by molar-refractivity contribution is -0.121. The molecule has 8 heteroatoms. The Morgan fingerprint density at radius 1 is 1.24 bits per heavy atom. The second-order valence-electron chi connectivity index (χ2n) is 6.34. The minimum Gasteiger partial charge on any atom is -0.441 e. The highest BCUT2D eigenvalue weighted by molar-refractivity contribution is 6.33. The Balaban J connectivity index is 1.54. The van der Waals surface area contributed by atoms with E-state index in [1.165, 1.54) is 12.1 Å². The first-order valence-corrected chi connectivity index (χ1v) is 9.34. The lowest BCUT2D eigenvalue weighted by Crippen LogP contribution is -2.26. The molecule has 0 bridgehead atoms. The highest BCUT2D eigenvalue weighted by atomic mass is 35.5. The second-order valence-corrected chi connectivity index (χ2v) is 6.75. The van der Waals surface area contributed by atoms with Crippen LogP contribution >= 0.6 is 11.6 Å². The van der Waals surface area contributed by atoms with Gasteiger partial charge in [0.15, 0.2) is 11.7 Å². The molecule has 1 atom stereocenters. The Kier molecular flexibility index (Phi) is 6.82. The van der Waals surface area contributed by atoms with Crippen molar-refractivity contribution < 1.29 is 22.7 Å². The van der Waals surface area contributed by atoms with Crippen molar-refractivity contribution in [2.24, 2.45) is 0 Å². The van der Waals surface area contributed by atoms with Gasteiger partial charge < -0.3 is 14.5 Å². The second kappa shape index (κ2) is 9.52. The van der Waals surface area contributed by atoms with Crippen molar-refractivity contribution in [2.45, 2.75) is 32.4 Å². The first-order valence-electron chi connectivity index (χ1n) is 8.96. The number of nitrogens with zero attached hydrogens (tertiary/aromatic N) is 1. The van der Waals surface area contributed by atoms with E-state index in [0.717, 1.165) is 5.56 Å². The zero-order valence-corrected chi connectivity index (χ0v) is 16.3. The predicted octanol–water partition coefficient (Wildman–Crippen LogP) is 5.41. The van der Waals surface area contributed by atoms with Gasteiger partial charge in [-0.1, -0.05) is 35.9 Å². The highest BCUT2D eigenvalue weighted by Crippen LogP contribution is 2.28. The van der Waals surface area contributed by atoms with Gasteiger partial charge in [0.25, 0.3) is 0 Å². The van der Waals surface area contributed by atoms with Crippen molar-refractivity contribution in [1.29, 1.82) is 0 Å². The average molecular weight is 421 g/mol. The molecule has 0 spiro atoms. The van der Waals surface area contributed by atoms with Crippen LogP contribution in [0.3, 0.4) is 0 Å². The smallest absolute Gasteiger partial charge is 0.387 e. The molecule has 0 aliphatic rings. The van der Waals surface area contributed by atoms with Crippen LogP contribution in [0.15, 0.2) is 59.1 Å². The Labute approximate surface area is 171 Å². The number of ether oxygens (including phenoxy) is 1. The molecule has 29 heavy (non-hydrogen) atoms. The van der Waals surface area contributed by atoms with Crippen LogP contribution in [0.25, 0.3) is 11.3 Å². The summed E-state index contributed by atoms with van der Waals surface area (Å²) in [6, 6.07) is 13.1. The predicted molar refractivity (Wildman–Crippen MR) is 105 cm³/mol.